The van der Waals surface area contributed by atoms with E-state index in [2.05, 4.69) is 21.9 Å². The van der Waals surface area contributed by atoms with Crippen LogP contribution in [-0.2, 0) is 14.6 Å². The van der Waals surface area contributed by atoms with Crippen LogP contribution in [0.1, 0.15) is 26.2 Å². The van der Waals surface area contributed by atoms with Crippen molar-refractivity contribution in [3.63, 3.8) is 0 Å². The number of halogens is 2. The van der Waals surface area contributed by atoms with E-state index in [0.29, 0.717) is 19.6 Å². The molecule has 0 radical (unpaired) electrons. The molecule has 3 saturated heterocycles. The van der Waals surface area contributed by atoms with Crippen LogP contribution in [0.3, 0.4) is 0 Å². The number of likely N-dealkylation sites (tertiary alicyclic amines) is 1. The molecule has 0 amide bonds. The van der Waals surface area contributed by atoms with E-state index in [4.69, 9.17) is 4.74 Å². The van der Waals surface area contributed by atoms with E-state index in [0.717, 1.165) is 31.8 Å². The first-order valence-electron chi connectivity index (χ1n) is 9.70. The Bertz CT molecular complexity index is 797. The molecule has 3 atom stereocenters. The van der Waals surface area contributed by atoms with E-state index in [9.17, 15) is 17.2 Å². The maximum atomic E-state index is 13.1. The van der Waals surface area contributed by atoms with E-state index in [-0.39, 0.29) is 16.7 Å². The minimum atomic E-state index is -3.70. The SMILES string of the molecule is CC1CCN(C2COC3(CNC3S(=O)(=O)c3ccc(OC(F)F)cc3)C2)CC1. The largest absolute Gasteiger partial charge is 0.435 e. The molecule has 1 aromatic carbocycles. The Morgan fingerprint density at radius 1 is 1.25 bits per heavy atom. The molecule has 1 aromatic rings. The van der Waals surface area contributed by atoms with Crippen molar-refractivity contribution in [1.82, 2.24) is 10.2 Å². The smallest absolute Gasteiger partial charge is 0.387 e. The van der Waals surface area contributed by atoms with Gasteiger partial charge in [-0.05, 0) is 62.5 Å². The molecule has 3 unspecified atom stereocenters. The van der Waals surface area contributed by atoms with E-state index in [1.54, 1.807) is 0 Å². The van der Waals surface area contributed by atoms with Gasteiger partial charge in [-0.15, -0.1) is 0 Å². The Hall–Kier alpha value is -1.29. The molecular weight excluding hydrogens is 390 g/mol. The molecule has 1 spiro atoms. The van der Waals surface area contributed by atoms with Crippen LogP contribution in [0, 0.1) is 5.92 Å². The van der Waals surface area contributed by atoms with Gasteiger partial charge in [0, 0.05) is 12.6 Å². The summed E-state index contributed by atoms with van der Waals surface area (Å²) in [6.45, 7) is 2.43. The van der Waals surface area contributed by atoms with Gasteiger partial charge in [-0.1, -0.05) is 6.92 Å². The molecule has 0 saturated carbocycles. The summed E-state index contributed by atoms with van der Waals surface area (Å²) in [5, 5.41) is 2.19. The van der Waals surface area contributed by atoms with Crippen molar-refractivity contribution in [2.45, 2.75) is 54.7 Å². The van der Waals surface area contributed by atoms with Crippen molar-refractivity contribution >= 4 is 9.84 Å². The highest BCUT2D eigenvalue weighted by molar-refractivity contribution is 7.92. The molecule has 0 aliphatic carbocycles. The zero-order valence-corrected chi connectivity index (χ0v) is 16.6. The highest BCUT2D eigenvalue weighted by Crippen LogP contribution is 2.41. The van der Waals surface area contributed by atoms with Gasteiger partial charge in [0.25, 0.3) is 0 Å². The lowest BCUT2D eigenvalue weighted by molar-refractivity contribution is -0.0514. The molecule has 156 valence electrons. The predicted octanol–water partition coefficient (Wildman–Crippen LogP) is 2.25. The number of nitrogens with one attached hydrogen (secondary N) is 1. The second kappa shape index (κ2) is 7.51. The highest BCUT2D eigenvalue weighted by Gasteiger charge is 2.59. The molecule has 3 fully saturated rings. The fourth-order valence-corrected chi connectivity index (χ4v) is 6.37. The highest BCUT2D eigenvalue weighted by atomic mass is 32.2. The molecule has 4 rings (SSSR count). The van der Waals surface area contributed by atoms with Crippen molar-refractivity contribution in [2.24, 2.45) is 5.92 Å². The van der Waals surface area contributed by atoms with Gasteiger partial charge < -0.3 is 9.47 Å². The van der Waals surface area contributed by atoms with Crippen LogP contribution in [0.4, 0.5) is 8.78 Å². The van der Waals surface area contributed by atoms with E-state index in [1.807, 2.05) is 0 Å². The number of benzene rings is 1. The Kier molecular flexibility index (Phi) is 5.37. The average molecular weight is 416 g/mol. The van der Waals surface area contributed by atoms with Crippen LogP contribution in [0.2, 0.25) is 0 Å². The Morgan fingerprint density at radius 3 is 2.50 bits per heavy atom. The quantitative estimate of drug-likeness (QED) is 0.794. The van der Waals surface area contributed by atoms with Crippen molar-refractivity contribution in [1.29, 1.82) is 0 Å². The molecule has 0 bridgehead atoms. The van der Waals surface area contributed by atoms with Crippen molar-refractivity contribution in [2.75, 3.05) is 26.2 Å². The third-order valence-corrected chi connectivity index (χ3v) is 8.38. The maximum Gasteiger partial charge on any atom is 0.387 e. The fourth-order valence-electron chi connectivity index (χ4n) is 4.47. The lowest BCUT2D eigenvalue weighted by Gasteiger charge is -2.46. The Labute approximate surface area is 164 Å². The van der Waals surface area contributed by atoms with Gasteiger partial charge in [0.15, 0.2) is 9.84 Å². The maximum absolute atomic E-state index is 13.1. The molecule has 0 aromatic heterocycles. The molecule has 3 aliphatic heterocycles. The van der Waals surface area contributed by atoms with Crippen LogP contribution in [0.25, 0.3) is 0 Å². The van der Waals surface area contributed by atoms with Gasteiger partial charge in [0.2, 0.25) is 0 Å². The molecule has 6 nitrogen and oxygen atoms in total. The van der Waals surface area contributed by atoms with Crippen LogP contribution in [0.15, 0.2) is 29.2 Å². The molecule has 9 heteroatoms. The number of alkyl halides is 2. The van der Waals surface area contributed by atoms with Crippen molar-refractivity contribution in [3.8, 4) is 5.75 Å². The van der Waals surface area contributed by atoms with Crippen LogP contribution >= 0.6 is 0 Å². The predicted molar refractivity (Wildman–Crippen MR) is 99.1 cm³/mol. The van der Waals surface area contributed by atoms with E-state index in [1.165, 1.54) is 24.3 Å². The zero-order chi connectivity index (χ0) is 19.9. The summed E-state index contributed by atoms with van der Waals surface area (Å²) in [6.07, 6.45) is 3.01. The van der Waals surface area contributed by atoms with Gasteiger partial charge in [-0.3, -0.25) is 10.2 Å². The number of piperidine rings is 1. The van der Waals surface area contributed by atoms with Crippen LogP contribution in [0.5, 0.6) is 5.75 Å². The third-order valence-electron chi connectivity index (χ3n) is 6.23. The third kappa shape index (κ3) is 3.65. The number of hydrogen-bond acceptors (Lipinski definition) is 6. The topological polar surface area (TPSA) is 67.9 Å². The average Bonchev–Trinajstić information content (AvgIpc) is 3.09. The first-order valence-corrected chi connectivity index (χ1v) is 11.2. The standard InChI is InChI=1S/C19H26F2N2O4S/c1-13-6-8-23(9-7-13)14-10-19(26-11-14)12-22-17(19)28(24,25)16-4-2-15(3-5-16)27-18(20)21/h2-5,13-14,17-18,22H,6-12H2,1H3. The molecular formula is C19H26F2N2O4S. The summed E-state index contributed by atoms with van der Waals surface area (Å²) in [4.78, 5) is 2.50. The first kappa shape index (κ1) is 20.0. The summed E-state index contributed by atoms with van der Waals surface area (Å²) >= 11 is 0. The second-order valence-corrected chi connectivity index (χ2v) is 10.1. The van der Waals surface area contributed by atoms with Crippen LogP contribution < -0.4 is 10.1 Å². The number of hydrogen-bond donors (Lipinski definition) is 1. The summed E-state index contributed by atoms with van der Waals surface area (Å²) < 4.78 is 61.1. The lowest BCUT2D eigenvalue weighted by atomic mass is 9.89. The fraction of sp³-hybridized carbons (Fsp3) is 0.684. The summed E-state index contributed by atoms with van der Waals surface area (Å²) in [6, 6.07) is 5.35. The lowest BCUT2D eigenvalue weighted by Crippen LogP contribution is -2.70. The normalized spacial score (nSPS) is 32.0. The summed E-state index contributed by atoms with van der Waals surface area (Å²) in [5.74, 6) is 0.671. The van der Waals surface area contributed by atoms with Crippen molar-refractivity contribution in [3.05, 3.63) is 24.3 Å². The van der Waals surface area contributed by atoms with E-state index < -0.39 is 27.4 Å². The number of ether oxygens (including phenoxy) is 2. The molecule has 28 heavy (non-hydrogen) atoms. The van der Waals surface area contributed by atoms with E-state index >= 15 is 0 Å². The van der Waals surface area contributed by atoms with Gasteiger partial charge in [-0.2, -0.15) is 8.78 Å². The molecule has 3 heterocycles. The first-order chi connectivity index (χ1) is 13.3. The summed E-state index contributed by atoms with van der Waals surface area (Å²) in [5.41, 5.74) is -0.718. The minimum Gasteiger partial charge on any atom is -0.435 e. The van der Waals surface area contributed by atoms with Gasteiger partial charge in [-0.25, -0.2) is 8.42 Å². The Balaban J connectivity index is 1.45. The number of nitrogens with zero attached hydrogens (tertiary/aromatic N) is 1. The molecule has 3 aliphatic rings. The summed E-state index contributed by atoms with van der Waals surface area (Å²) in [7, 11) is -3.70. The van der Waals surface area contributed by atoms with Gasteiger partial charge in [0.05, 0.1) is 11.5 Å². The van der Waals surface area contributed by atoms with Crippen molar-refractivity contribution < 1.29 is 26.7 Å². The van der Waals surface area contributed by atoms with Gasteiger partial charge >= 0.3 is 6.61 Å². The molecule has 1 N–H and O–H groups in total. The minimum absolute atomic E-state index is 0.0678. The zero-order valence-electron chi connectivity index (χ0n) is 15.8. The number of rotatable bonds is 5. The van der Waals surface area contributed by atoms with Crippen LogP contribution in [-0.4, -0.2) is 63.2 Å². The van der Waals surface area contributed by atoms with Gasteiger partial charge in [0.1, 0.15) is 16.7 Å². The number of sulfone groups is 1. The Morgan fingerprint density at radius 2 is 1.93 bits per heavy atom. The second-order valence-electron chi connectivity index (χ2n) is 8.11. The monoisotopic (exact) mass is 416 g/mol.